The van der Waals surface area contributed by atoms with E-state index in [9.17, 15) is 14.4 Å². The van der Waals surface area contributed by atoms with Gasteiger partial charge in [0.1, 0.15) is 18.1 Å². The highest BCUT2D eigenvalue weighted by molar-refractivity contribution is 6.05. The summed E-state index contributed by atoms with van der Waals surface area (Å²) in [5.41, 5.74) is 3.87. The van der Waals surface area contributed by atoms with E-state index in [0.717, 1.165) is 11.3 Å². The molecule has 1 N–H and O–H groups in total. The Bertz CT molecular complexity index is 1150. The average Bonchev–Trinajstić information content (AvgIpc) is 3.23. The lowest BCUT2D eigenvalue weighted by Crippen LogP contribution is -2.25. The molecule has 168 valence electrons. The van der Waals surface area contributed by atoms with Gasteiger partial charge in [0.15, 0.2) is 11.9 Å². The zero-order valence-corrected chi connectivity index (χ0v) is 19.0. The first-order valence-electron chi connectivity index (χ1n) is 10.2. The number of aromatic amines is 1. The van der Waals surface area contributed by atoms with Crippen molar-refractivity contribution in [3.05, 3.63) is 69.4 Å². The third-order valence-electron chi connectivity index (χ3n) is 5.34. The Morgan fingerprint density at radius 1 is 1.09 bits per heavy atom. The maximum atomic E-state index is 12.8. The molecule has 1 unspecified atom stereocenters. The highest BCUT2D eigenvalue weighted by Gasteiger charge is 2.26. The van der Waals surface area contributed by atoms with Crippen LogP contribution in [0.25, 0.3) is 0 Å². The number of nitrogens with zero attached hydrogens (tertiary/aromatic N) is 1. The Labute approximate surface area is 185 Å². The highest BCUT2D eigenvalue weighted by atomic mass is 16.5. The molecule has 8 heteroatoms. The number of Topliss-reactive ketones (excluding diaryl/α,β-unsaturated/α-hetero) is 2. The number of carbonyl (C=O) groups is 3. The lowest BCUT2D eigenvalue weighted by molar-refractivity contribution is 0.0317. The Morgan fingerprint density at radius 2 is 1.75 bits per heavy atom. The van der Waals surface area contributed by atoms with Crippen LogP contribution in [0.1, 0.15) is 73.3 Å². The van der Waals surface area contributed by atoms with Gasteiger partial charge in [-0.05, 0) is 71.4 Å². The molecule has 0 amide bonds. The third-order valence-corrected chi connectivity index (χ3v) is 5.34. The van der Waals surface area contributed by atoms with Gasteiger partial charge in [0.25, 0.3) is 0 Å². The first kappa shape index (κ1) is 23.0. The molecule has 3 rings (SSSR count). The number of benzene rings is 1. The molecule has 1 aromatic carbocycles. The van der Waals surface area contributed by atoms with Crippen molar-refractivity contribution in [2.75, 3.05) is 0 Å². The highest BCUT2D eigenvalue weighted by Crippen LogP contribution is 2.22. The van der Waals surface area contributed by atoms with Gasteiger partial charge >= 0.3 is 5.97 Å². The summed E-state index contributed by atoms with van der Waals surface area (Å²) in [6.45, 7) is 10.3. The molecule has 0 saturated carbocycles. The minimum absolute atomic E-state index is 0.128. The number of ketones is 2. The van der Waals surface area contributed by atoms with Crippen LogP contribution in [0.5, 0.6) is 5.75 Å². The van der Waals surface area contributed by atoms with Gasteiger partial charge in [0, 0.05) is 11.3 Å². The van der Waals surface area contributed by atoms with E-state index < -0.39 is 17.9 Å². The number of esters is 1. The van der Waals surface area contributed by atoms with E-state index in [0.29, 0.717) is 34.9 Å². The fraction of sp³-hybridized carbons (Fsp3) is 0.333. The average molecular weight is 438 g/mol. The van der Waals surface area contributed by atoms with Gasteiger partial charge in [-0.2, -0.15) is 0 Å². The van der Waals surface area contributed by atoms with Crippen molar-refractivity contribution in [2.24, 2.45) is 0 Å². The standard InChI is InChI=1S/C24H26N2O6/c1-12-21(15(4)27)14(3)25-22(12)23(28)17(6)31-24(29)18-7-9-19(10-8-18)30-11-20-13(2)26-32-16(20)5/h7-10,17,25H,11H2,1-6H3. The third kappa shape index (κ3) is 4.64. The molecule has 0 saturated heterocycles. The van der Waals surface area contributed by atoms with Crippen LogP contribution in [-0.2, 0) is 11.3 Å². The Morgan fingerprint density at radius 3 is 2.28 bits per heavy atom. The van der Waals surface area contributed by atoms with Crippen LogP contribution in [0.3, 0.4) is 0 Å². The van der Waals surface area contributed by atoms with E-state index in [1.807, 2.05) is 13.8 Å². The Balaban J connectivity index is 1.63. The second-order valence-electron chi connectivity index (χ2n) is 7.71. The van der Waals surface area contributed by atoms with Gasteiger partial charge in [-0.15, -0.1) is 0 Å². The van der Waals surface area contributed by atoms with Gasteiger partial charge in [-0.1, -0.05) is 5.16 Å². The first-order valence-corrected chi connectivity index (χ1v) is 10.2. The van der Waals surface area contributed by atoms with E-state index in [-0.39, 0.29) is 17.0 Å². The molecular weight excluding hydrogens is 412 g/mol. The van der Waals surface area contributed by atoms with Gasteiger partial charge in [0.05, 0.1) is 22.5 Å². The lowest BCUT2D eigenvalue weighted by Gasteiger charge is -2.13. The van der Waals surface area contributed by atoms with Crippen LogP contribution >= 0.6 is 0 Å². The molecule has 0 fully saturated rings. The number of carbonyl (C=O) groups excluding carboxylic acids is 3. The quantitative estimate of drug-likeness (QED) is 0.408. The number of aryl methyl sites for hydroxylation is 3. The largest absolute Gasteiger partial charge is 0.489 e. The predicted molar refractivity (Wildman–Crippen MR) is 116 cm³/mol. The Kier molecular flexibility index (Phi) is 6.62. The molecule has 0 aliphatic heterocycles. The minimum Gasteiger partial charge on any atom is -0.489 e. The van der Waals surface area contributed by atoms with Gasteiger partial charge in [-0.3, -0.25) is 9.59 Å². The number of H-pyrrole nitrogens is 1. The summed E-state index contributed by atoms with van der Waals surface area (Å²) in [7, 11) is 0. The van der Waals surface area contributed by atoms with Gasteiger partial charge in [0.2, 0.25) is 5.78 Å². The Hall–Kier alpha value is -3.68. The van der Waals surface area contributed by atoms with E-state index >= 15 is 0 Å². The molecule has 0 radical (unpaired) electrons. The lowest BCUT2D eigenvalue weighted by atomic mass is 10.0. The second-order valence-corrected chi connectivity index (χ2v) is 7.71. The van der Waals surface area contributed by atoms with Crippen molar-refractivity contribution in [3.8, 4) is 5.75 Å². The summed E-state index contributed by atoms with van der Waals surface area (Å²) < 4.78 is 16.2. The number of rotatable bonds is 8. The van der Waals surface area contributed by atoms with E-state index in [1.54, 1.807) is 38.1 Å². The number of nitrogens with one attached hydrogen (secondary N) is 1. The maximum Gasteiger partial charge on any atom is 0.338 e. The van der Waals surface area contributed by atoms with Crippen molar-refractivity contribution in [1.29, 1.82) is 0 Å². The van der Waals surface area contributed by atoms with Crippen LogP contribution < -0.4 is 4.74 Å². The van der Waals surface area contributed by atoms with Crippen molar-refractivity contribution in [3.63, 3.8) is 0 Å². The molecule has 2 heterocycles. The molecular formula is C24H26N2O6. The second kappa shape index (κ2) is 9.21. The number of hydrogen-bond donors (Lipinski definition) is 1. The smallest absolute Gasteiger partial charge is 0.338 e. The molecule has 0 bridgehead atoms. The summed E-state index contributed by atoms with van der Waals surface area (Å²) >= 11 is 0. The zero-order chi connectivity index (χ0) is 23.6. The fourth-order valence-corrected chi connectivity index (χ4v) is 3.56. The summed E-state index contributed by atoms with van der Waals surface area (Å²) in [5.74, 6) is 0.113. The van der Waals surface area contributed by atoms with Gasteiger partial charge < -0.3 is 19.0 Å². The summed E-state index contributed by atoms with van der Waals surface area (Å²) in [5, 5.41) is 3.89. The van der Waals surface area contributed by atoms with Crippen LogP contribution in [-0.4, -0.2) is 33.8 Å². The van der Waals surface area contributed by atoms with Crippen molar-refractivity contribution < 1.29 is 28.4 Å². The molecule has 2 aromatic heterocycles. The van der Waals surface area contributed by atoms with E-state index in [2.05, 4.69) is 10.1 Å². The van der Waals surface area contributed by atoms with E-state index in [4.69, 9.17) is 14.0 Å². The summed E-state index contributed by atoms with van der Waals surface area (Å²) in [6.07, 6.45) is -1.02. The topological polar surface area (TPSA) is 111 Å². The van der Waals surface area contributed by atoms with Crippen LogP contribution in [0, 0.1) is 27.7 Å². The molecule has 0 spiro atoms. The van der Waals surface area contributed by atoms with Crippen LogP contribution in [0.4, 0.5) is 0 Å². The summed E-state index contributed by atoms with van der Waals surface area (Å²) in [4.78, 5) is 40.0. The fourth-order valence-electron chi connectivity index (χ4n) is 3.56. The van der Waals surface area contributed by atoms with E-state index in [1.165, 1.54) is 13.8 Å². The molecule has 0 aliphatic rings. The SMILES string of the molecule is CC(=O)c1c(C)[nH]c(C(=O)C(C)OC(=O)c2ccc(OCc3c(C)noc3C)cc2)c1C. The monoisotopic (exact) mass is 438 g/mol. The summed E-state index contributed by atoms with van der Waals surface area (Å²) in [6, 6.07) is 6.44. The van der Waals surface area contributed by atoms with Crippen molar-refractivity contribution >= 4 is 17.5 Å². The maximum absolute atomic E-state index is 12.8. The number of aromatic nitrogens is 2. The van der Waals surface area contributed by atoms with Gasteiger partial charge in [-0.25, -0.2) is 4.79 Å². The number of hydrogen-bond acceptors (Lipinski definition) is 7. The first-order chi connectivity index (χ1) is 15.1. The number of ether oxygens (including phenoxy) is 2. The molecule has 1 atom stereocenters. The predicted octanol–water partition coefficient (Wildman–Crippen LogP) is 4.45. The van der Waals surface area contributed by atoms with Crippen LogP contribution in [0.15, 0.2) is 28.8 Å². The van der Waals surface area contributed by atoms with Crippen LogP contribution in [0.2, 0.25) is 0 Å². The zero-order valence-electron chi connectivity index (χ0n) is 19.0. The normalized spacial score (nSPS) is 11.8. The molecule has 32 heavy (non-hydrogen) atoms. The van der Waals surface area contributed by atoms with Crippen molar-refractivity contribution in [1.82, 2.24) is 10.1 Å². The van der Waals surface area contributed by atoms with Crippen molar-refractivity contribution in [2.45, 2.75) is 54.3 Å². The molecule has 3 aromatic rings. The molecule has 8 nitrogen and oxygen atoms in total. The minimum atomic E-state index is -1.02. The molecule has 0 aliphatic carbocycles.